The Morgan fingerprint density at radius 2 is 1.90 bits per heavy atom. The lowest BCUT2D eigenvalue weighted by Crippen LogP contribution is -2.51. The van der Waals surface area contributed by atoms with E-state index in [1.807, 2.05) is 55.3 Å². The van der Waals surface area contributed by atoms with E-state index in [2.05, 4.69) is 32.7 Å². The van der Waals surface area contributed by atoms with Crippen molar-refractivity contribution in [2.24, 2.45) is 18.7 Å². The number of likely N-dealkylation sites (tertiary alicyclic amines) is 1. The standard InChI is InChI=1S/C38H43N7O3/c1-22-30-15-13-25-19-32(44(35(25)41-30)16-8-4-5-9-23-10-6-7-11-28(23)37(46)40-22)36-42-31-18-26(20-33(48-3)34(31)43(36)2)38(47)45-21-29(39)24-12-14-27(45)17-24/h6-7,10-11,13,15,18-20,22,24,27,29H,4-5,8-9,12,14,16-17,21,39H2,1-3H3,(H,40,46)/t22-,24-,27+,29+/m1/s1. The molecule has 0 unspecified atom stereocenters. The molecule has 5 aromatic rings. The van der Waals surface area contributed by atoms with E-state index in [0.717, 1.165) is 96.4 Å². The Hall–Kier alpha value is -4.70. The highest BCUT2D eigenvalue weighted by molar-refractivity contribution is 6.00. The third kappa shape index (κ3) is 5.13. The van der Waals surface area contributed by atoms with Crippen molar-refractivity contribution in [1.82, 2.24) is 29.3 Å². The van der Waals surface area contributed by atoms with Gasteiger partial charge in [-0.05, 0) is 93.3 Å². The number of benzene rings is 2. The smallest absolute Gasteiger partial charge is 0.254 e. The van der Waals surface area contributed by atoms with Gasteiger partial charge in [-0.1, -0.05) is 24.6 Å². The first-order valence-electron chi connectivity index (χ1n) is 17.3. The second-order valence-corrected chi connectivity index (χ2v) is 13.9. The highest BCUT2D eigenvalue weighted by Crippen LogP contribution is 2.39. The predicted octanol–water partition coefficient (Wildman–Crippen LogP) is 5.77. The maximum atomic E-state index is 13.9. The first kappa shape index (κ1) is 30.6. The molecule has 2 amide bonds. The molecule has 10 heteroatoms. The van der Waals surface area contributed by atoms with Gasteiger partial charge in [0, 0.05) is 48.7 Å². The number of hydrogen-bond donors (Lipinski definition) is 2. The number of ether oxygens (including phenoxy) is 1. The Morgan fingerprint density at radius 3 is 2.75 bits per heavy atom. The van der Waals surface area contributed by atoms with Crippen LogP contribution in [-0.2, 0) is 20.0 Å². The molecule has 3 N–H and O–H groups in total. The van der Waals surface area contributed by atoms with Gasteiger partial charge in [0.2, 0.25) is 0 Å². The first-order valence-corrected chi connectivity index (χ1v) is 17.3. The summed E-state index contributed by atoms with van der Waals surface area (Å²) < 4.78 is 10.2. The predicted molar refractivity (Wildman–Crippen MR) is 186 cm³/mol. The number of methoxy groups -OCH3 is 1. The molecule has 0 radical (unpaired) electrons. The molecule has 3 aromatic heterocycles. The number of carbonyl (C=O) groups excluding carboxylic acids is 2. The number of nitrogens with two attached hydrogens (primary N) is 1. The molecule has 2 aromatic carbocycles. The van der Waals surface area contributed by atoms with Crippen molar-refractivity contribution >= 4 is 33.9 Å². The van der Waals surface area contributed by atoms with Crippen molar-refractivity contribution < 1.29 is 14.3 Å². The van der Waals surface area contributed by atoms with Crippen molar-refractivity contribution in [1.29, 1.82) is 0 Å². The minimum Gasteiger partial charge on any atom is -0.494 e. The Kier molecular flexibility index (Phi) is 7.70. The SMILES string of the molecule is COc1cc(C(=O)N2C[C@H](N)[C@@H]3CC[C@H]2C3)cc2nc(-c3cc4ccc5nc4n3CCCCCc3ccccc3C(=O)N[C@@H]5C)n(C)c12. The van der Waals surface area contributed by atoms with Gasteiger partial charge in [-0.2, -0.15) is 0 Å². The molecule has 0 spiro atoms. The van der Waals surface area contributed by atoms with E-state index in [0.29, 0.717) is 29.3 Å². The fraction of sp³-hybridized carbons (Fsp3) is 0.421. The molecule has 48 heavy (non-hydrogen) atoms. The third-order valence-corrected chi connectivity index (χ3v) is 10.9. The Morgan fingerprint density at radius 1 is 1.04 bits per heavy atom. The van der Waals surface area contributed by atoms with Crippen LogP contribution in [0.1, 0.15) is 83.5 Å². The molecule has 8 rings (SSSR count). The Bertz CT molecular complexity index is 2060. The van der Waals surface area contributed by atoms with E-state index in [-0.39, 0.29) is 29.9 Å². The lowest BCUT2D eigenvalue weighted by Gasteiger charge is -2.37. The van der Waals surface area contributed by atoms with Crippen LogP contribution in [0.2, 0.25) is 0 Å². The van der Waals surface area contributed by atoms with Gasteiger partial charge < -0.3 is 29.8 Å². The largest absolute Gasteiger partial charge is 0.494 e. The van der Waals surface area contributed by atoms with Crippen molar-refractivity contribution in [3.05, 3.63) is 77.0 Å². The zero-order chi connectivity index (χ0) is 33.1. The zero-order valence-electron chi connectivity index (χ0n) is 27.9. The highest BCUT2D eigenvalue weighted by atomic mass is 16.5. The van der Waals surface area contributed by atoms with Gasteiger partial charge in [0.25, 0.3) is 11.8 Å². The van der Waals surface area contributed by atoms with Crippen LogP contribution < -0.4 is 15.8 Å². The van der Waals surface area contributed by atoms with Gasteiger partial charge in [0.05, 0.1) is 30.1 Å². The minimum absolute atomic E-state index is 0.00830. The third-order valence-electron chi connectivity index (χ3n) is 10.9. The number of aryl methyl sites for hydroxylation is 3. The van der Waals surface area contributed by atoms with Gasteiger partial charge >= 0.3 is 0 Å². The number of nitrogens with one attached hydrogen (secondary N) is 1. The van der Waals surface area contributed by atoms with Crippen molar-refractivity contribution in [2.75, 3.05) is 13.7 Å². The molecule has 3 aliphatic rings. The number of piperidine rings is 1. The zero-order valence-corrected chi connectivity index (χ0v) is 27.9. The normalized spacial score (nSPS) is 22.9. The molecular formula is C38H43N7O3. The molecule has 2 aliphatic heterocycles. The van der Waals surface area contributed by atoms with Crippen LogP contribution in [0.15, 0.2) is 54.6 Å². The van der Waals surface area contributed by atoms with Crippen molar-refractivity contribution in [2.45, 2.75) is 76.5 Å². The summed E-state index contributed by atoms with van der Waals surface area (Å²) in [5.74, 6) is 1.83. The number of fused-ring (bicyclic) bond motifs is 5. The van der Waals surface area contributed by atoms with Crippen molar-refractivity contribution in [3.8, 4) is 17.3 Å². The fourth-order valence-electron chi connectivity index (χ4n) is 8.29. The summed E-state index contributed by atoms with van der Waals surface area (Å²) in [5.41, 5.74) is 13.0. The van der Waals surface area contributed by atoms with E-state index >= 15 is 0 Å². The lowest BCUT2D eigenvalue weighted by molar-refractivity contribution is 0.0603. The lowest BCUT2D eigenvalue weighted by atomic mass is 9.94. The van der Waals surface area contributed by atoms with Gasteiger partial charge in [0.1, 0.15) is 16.9 Å². The highest BCUT2D eigenvalue weighted by Gasteiger charge is 2.41. The fourth-order valence-corrected chi connectivity index (χ4v) is 8.29. The van der Waals surface area contributed by atoms with E-state index in [1.54, 1.807) is 7.11 Å². The Labute approximate surface area is 280 Å². The number of nitrogens with zero attached hydrogens (tertiary/aromatic N) is 5. The summed E-state index contributed by atoms with van der Waals surface area (Å²) in [7, 11) is 3.64. The van der Waals surface area contributed by atoms with Crippen LogP contribution in [0, 0.1) is 5.92 Å². The van der Waals surface area contributed by atoms with Gasteiger partial charge in [0.15, 0.2) is 5.82 Å². The molecule has 10 nitrogen and oxygen atoms in total. The number of pyridine rings is 1. The minimum atomic E-state index is -0.273. The topological polar surface area (TPSA) is 120 Å². The number of amides is 2. The van der Waals surface area contributed by atoms with Crippen LogP contribution in [-0.4, -0.2) is 61.6 Å². The van der Waals surface area contributed by atoms with Gasteiger partial charge in [-0.3, -0.25) is 9.59 Å². The number of aromatic nitrogens is 4. The molecular weight excluding hydrogens is 602 g/mol. The maximum Gasteiger partial charge on any atom is 0.254 e. The summed E-state index contributed by atoms with van der Waals surface area (Å²) in [6, 6.07) is 17.9. The molecule has 2 fully saturated rings. The Balaban J connectivity index is 1.19. The van der Waals surface area contributed by atoms with Crippen LogP contribution in [0.3, 0.4) is 0 Å². The summed E-state index contributed by atoms with van der Waals surface area (Å²) in [5, 5.41) is 4.19. The second-order valence-electron chi connectivity index (χ2n) is 13.9. The summed E-state index contributed by atoms with van der Waals surface area (Å²) in [6.45, 7) is 3.35. The van der Waals surface area contributed by atoms with Gasteiger partial charge in [-0.15, -0.1) is 0 Å². The maximum absolute atomic E-state index is 13.9. The monoisotopic (exact) mass is 645 g/mol. The van der Waals surface area contributed by atoms with Crippen LogP contribution in [0.25, 0.3) is 33.6 Å². The number of hydrogen-bond acceptors (Lipinski definition) is 6. The first-order chi connectivity index (χ1) is 23.3. The summed E-state index contributed by atoms with van der Waals surface area (Å²) in [6.07, 6.45) is 6.89. The average Bonchev–Trinajstić information content (AvgIpc) is 3.79. The van der Waals surface area contributed by atoms with E-state index in [9.17, 15) is 9.59 Å². The van der Waals surface area contributed by atoms with Crippen molar-refractivity contribution in [3.63, 3.8) is 0 Å². The van der Waals surface area contributed by atoms with Crippen LogP contribution in [0.4, 0.5) is 0 Å². The number of carbonyl (C=O) groups is 2. The second kappa shape index (κ2) is 12.1. The summed E-state index contributed by atoms with van der Waals surface area (Å²) >= 11 is 0. The molecule has 4 bridgehead atoms. The van der Waals surface area contributed by atoms with Crippen LogP contribution >= 0.6 is 0 Å². The molecule has 1 saturated carbocycles. The van der Waals surface area contributed by atoms with E-state index in [4.69, 9.17) is 20.4 Å². The van der Waals surface area contributed by atoms with E-state index < -0.39 is 0 Å². The number of rotatable bonds is 3. The van der Waals surface area contributed by atoms with Gasteiger partial charge in [-0.25, -0.2) is 9.97 Å². The molecule has 248 valence electrons. The molecule has 5 heterocycles. The molecule has 4 atom stereocenters. The molecule has 1 aliphatic carbocycles. The quantitative estimate of drug-likeness (QED) is 0.257. The van der Waals surface area contributed by atoms with Crippen LogP contribution in [0.5, 0.6) is 5.75 Å². The average molecular weight is 646 g/mol. The molecule has 1 saturated heterocycles. The number of imidazole rings is 1. The van der Waals surface area contributed by atoms with E-state index in [1.165, 1.54) is 0 Å². The summed E-state index contributed by atoms with van der Waals surface area (Å²) in [4.78, 5) is 39.5.